The summed E-state index contributed by atoms with van der Waals surface area (Å²) in [5.41, 5.74) is 1.82. The minimum Gasteiger partial charge on any atom is -0.480 e. The molecule has 1 aromatic carbocycles. The smallest absolute Gasteiger partial charge is 0.323 e. The molecule has 1 amide bonds. The maximum atomic E-state index is 13.0. The van der Waals surface area contributed by atoms with Crippen molar-refractivity contribution in [3.63, 3.8) is 0 Å². The zero-order valence-corrected chi connectivity index (χ0v) is 13.6. The van der Waals surface area contributed by atoms with Crippen molar-refractivity contribution in [3.8, 4) is 0 Å². The van der Waals surface area contributed by atoms with E-state index in [1.807, 2.05) is 19.9 Å². The molecule has 0 fully saturated rings. The summed E-state index contributed by atoms with van der Waals surface area (Å²) in [5.74, 6) is -1.70. The number of halogens is 1. The quantitative estimate of drug-likeness (QED) is 0.883. The summed E-state index contributed by atoms with van der Waals surface area (Å²) in [6.45, 7) is 3.65. The van der Waals surface area contributed by atoms with Gasteiger partial charge < -0.3 is 10.0 Å². The number of carbonyl (C=O) groups is 2. The van der Waals surface area contributed by atoms with E-state index in [1.54, 1.807) is 12.3 Å². The van der Waals surface area contributed by atoms with Crippen LogP contribution in [0.3, 0.4) is 0 Å². The van der Waals surface area contributed by atoms with Gasteiger partial charge in [-0.2, -0.15) is 0 Å². The highest BCUT2D eigenvalue weighted by Crippen LogP contribution is 2.15. The molecule has 0 saturated carbocycles. The van der Waals surface area contributed by atoms with Crippen LogP contribution < -0.4 is 0 Å². The summed E-state index contributed by atoms with van der Waals surface area (Å²) in [6, 6.07) is 8.99. The monoisotopic (exact) mass is 330 g/mol. The van der Waals surface area contributed by atoms with Gasteiger partial charge in [-0.15, -0.1) is 0 Å². The maximum absolute atomic E-state index is 13.0. The molecule has 126 valence electrons. The van der Waals surface area contributed by atoms with Crippen molar-refractivity contribution in [1.29, 1.82) is 0 Å². The average Bonchev–Trinajstić information content (AvgIpc) is 2.55. The van der Waals surface area contributed by atoms with Crippen LogP contribution in [-0.2, 0) is 11.3 Å². The van der Waals surface area contributed by atoms with Gasteiger partial charge in [0.2, 0.25) is 0 Å². The van der Waals surface area contributed by atoms with Gasteiger partial charge in [-0.25, -0.2) is 4.39 Å². The van der Waals surface area contributed by atoms with Crippen LogP contribution in [-0.4, -0.2) is 33.4 Å². The third-order valence-corrected chi connectivity index (χ3v) is 3.57. The van der Waals surface area contributed by atoms with E-state index in [2.05, 4.69) is 4.98 Å². The summed E-state index contributed by atoms with van der Waals surface area (Å²) >= 11 is 0. The molecule has 6 heteroatoms. The summed E-state index contributed by atoms with van der Waals surface area (Å²) in [6.07, 6.45) is 1.62. The fourth-order valence-corrected chi connectivity index (χ4v) is 2.21. The molecule has 1 heterocycles. The van der Waals surface area contributed by atoms with Gasteiger partial charge >= 0.3 is 5.97 Å². The SMILES string of the molecule is CC(C)c1ccc(C(=O)N(CC(=O)O)Cc2ccc(F)cc2)nc1. The maximum Gasteiger partial charge on any atom is 0.323 e. The van der Waals surface area contributed by atoms with E-state index in [0.29, 0.717) is 5.56 Å². The zero-order valence-electron chi connectivity index (χ0n) is 13.6. The lowest BCUT2D eigenvalue weighted by Gasteiger charge is -2.20. The number of nitrogens with zero attached hydrogens (tertiary/aromatic N) is 2. The second-order valence-corrected chi connectivity index (χ2v) is 5.81. The number of amides is 1. The Morgan fingerprint density at radius 2 is 1.83 bits per heavy atom. The number of carboxylic acids is 1. The van der Waals surface area contributed by atoms with E-state index in [9.17, 15) is 14.0 Å². The van der Waals surface area contributed by atoms with E-state index >= 15 is 0 Å². The van der Waals surface area contributed by atoms with Crippen molar-refractivity contribution in [1.82, 2.24) is 9.88 Å². The Morgan fingerprint density at radius 1 is 1.17 bits per heavy atom. The van der Waals surface area contributed by atoms with E-state index in [4.69, 9.17) is 5.11 Å². The predicted molar refractivity (Wildman–Crippen MR) is 87.1 cm³/mol. The van der Waals surface area contributed by atoms with E-state index in [-0.39, 0.29) is 24.0 Å². The largest absolute Gasteiger partial charge is 0.480 e. The lowest BCUT2D eigenvalue weighted by Crippen LogP contribution is -2.35. The Labute approximate surface area is 139 Å². The molecule has 24 heavy (non-hydrogen) atoms. The number of carbonyl (C=O) groups excluding carboxylic acids is 1. The molecule has 0 atom stereocenters. The molecule has 0 aliphatic rings. The van der Waals surface area contributed by atoms with Crippen LogP contribution in [0.2, 0.25) is 0 Å². The average molecular weight is 330 g/mol. The van der Waals surface area contributed by atoms with E-state index < -0.39 is 18.4 Å². The summed E-state index contributed by atoms with van der Waals surface area (Å²) in [5, 5.41) is 9.04. The number of aromatic nitrogens is 1. The molecule has 0 spiro atoms. The van der Waals surface area contributed by atoms with Gasteiger partial charge in [0.25, 0.3) is 5.91 Å². The standard InChI is InChI=1S/C18H19FN2O3/c1-12(2)14-5-8-16(20-9-14)18(24)21(11-17(22)23)10-13-3-6-15(19)7-4-13/h3-9,12H,10-11H2,1-2H3,(H,22,23). The third-order valence-electron chi connectivity index (χ3n) is 3.57. The molecule has 2 aromatic rings. The molecule has 0 aliphatic carbocycles. The molecule has 5 nitrogen and oxygen atoms in total. The Hall–Kier alpha value is -2.76. The number of carboxylic acid groups (broad SMARTS) is 1. The van der Waals surface area contributed by atoms with Crippen molar-refractivity contribution in [2.75, 3.05) is 6.54 Å². The summed E-state index contributed by atoms with van der Waals surface area (Å²) in [4.78, 5) is 28.9. The minimum atomic E-state index is -1.12. The van der Waals surface area contributed by atoms with Crippen LogP contribution in [0.15, 0.2) is 42.6 Å². The number of hydrogen-bond donors (Lipinski definition) is 1. The summed E-state index contributed by atoms with van der Waals surface area (Å²) in [7, 11) is 0. The molecule has 1 aromatic heterocycles. The lowest BCUT2D eigenvalue weighted by molar-refractivity contribution is -0.137. The lowest BCUT2D eigenvalue weighted by atomic mass is 10.1. The van der Waals surface area contributed by atoms with Crippen molar-refractivity contribution in [2.24, 2.45) is 0 Å². The molecule has 0 bridgehead atoms. The van der Waals surface area contributed by atoms with Crippen LogP contribution in [0.4, 0.5) is 4.39 Å². The van der Waals surface area contributed by atoms with Crippen LogP contribution >= 0.6 is 0 Å². The van der Waals surface area contributed by atoms with Gasteiger partial charge in [0.05, 0.1) is 0 Å². The van der Waals surface area contributed by atoms with Crippen LogP contribution in [0, 0.1) is 5.82 Å². The highest BCUT2D eigenvalue weighted by molar-refractivity contribution is 5.94. The number of pyridine rings is 1. The highest BCUT2D eigenvalue weighted by atomic mass is 19.1. The van der Waals surface area contributed by atoms with Crippen molar-refractivity contribution in [2.45, 2.75) is 26.3 Å². The third kappa shape index (κ3) is 4.62. The van der Waals surface area contributed by atoms with E-state index in [1.165, 1.54) is 29.2 Å². The number of aliphatic carboxylic acids is 1. The van der Waals surface area contributed by atoms with Gasteiger partial charge in [-0.05, 0) is 35.2 Å². The fraction of sp³-hybridized carbons (Fsp3) is 0.278. The van der Waals surface area contributed by atoms with Crippen LogP contribution in [0.1, 0.15) is 41.4 Å². The van der Waals surface area contributed by atoms with Crippen LogP contribution in [0.25, 0.3) is 0 Å². The molecule has 0 saturated heterocycles. The predicted octanol–water partition coefficient (Wildman–Crippen LogP) is 3.07. The minimum absolute atomic E-state index is 0.0685. The number of rotatable bonds is 6. The number of benzene rings is 1. The Kier molecular flexibility index (Phi) is 5.63. The second-order valence-electron chi connectivity index (χ2n) is 5.81. The Balaban J connectivity index is 2.21. The number of hydrogen-bond acceptors (Lipinski definition) is 3. The van der Waals surface area contributed by atoms with Crippen LogP contribution in [0.5, 0.6) is 0 Å². The van der Waals surface area contributed by atoms with Gasteiger partial charge in [0.1, 0.15) is 18.1 Å². The first kappa shape index (κ1) is 17.6. The Morgan fingerprint density at radius 3 is 2.33 bits per heavy atom. The van der Waals surface area contributed by atoms with Gasteiger partial charge in [0.15, 0.2) is 0 Å². The molecular weight excluding hydrogens is 311 g/mol. The zero-order chi connectivity index (χ0) is 17.7. The van der Waals surface area contributed by atoms with Crippen molar-refractivity contribution >= 4 is 11.9 Å². The fourth-order valence-electron chi connectivity index (χ4n) is 2.21. The highest BCUT2D eigenvalue weighted by Gasteiger charge is 2.20. The second kappa shape index (κ2) is 7.68. The first-order chi connectivity index (χ1) is 11.4. The first-order valence-electron chi connectivity index (χ1n) is 7.58. The van der Waals surface area contributed by atoms with Crippen molar-refractivity contribution < 1.29 is 19.1 Å². The molecule has 0 radical (unpaired) electrons. The topological polar surface area (TPSA) is 70.5 Å². The molecule has 0 aliphatic heterocycles. The normalized spacial score (nSPS) is 10.7. The van der Waals surface area contributed by atoms with Gasteiger partial charge in [-0.1, -0.05) is 32.0 Å². The van der Waals surface area contributed by atoms with Gasteiger partial charge in [-0.3, -0.25) is 14.6 Å². The molecular formula is C18H19FN2O3. The molecule has 1 N–H and O–H groups in total. The van der Waals surface area contributed by atoms with E-state index in [0.717, 1.165) is 5.56 Å². The first-order valence-corrected chi connectivity index (χ1v) is 7.58. The molecule has 2 rings (SSSR count). The Bertz CT molecular complexity index is 712. The molecule has 0 unspecified atom stereocenters. The van der Waals surface area contributed by atoms with Crippen molar-refractivity contribution in [3.05, 3.63) is 65.2 Å². The van der Waals surface area contributed by atoms with Gasteiger partial charge in [0, 0.05) is 12.7 Å². The summed E-state index contributed by atoms with van der Waals surface area (Å²) < 4.78 is 13.0.